The largest absolute Gasteiger partial charge is 0.573 e. The summed E-state index contributed by atoms with van der Waals surface area (Å²) in [6.45, 7) is 2.92. The van der Waals surface area contributed by atoms with E-state index in [-0.39, 0.29) is 47.9 Å². The second kappa shape index (κ2) is 10.5. The minimum atomic E-state index is -4.80. The smallest absolute Gasteiger partial charge is 0.404 e. The normalized spacial score (nSPS) is 14.9. The van der Waals surface area contributed by atoms with Crippen molar-refractivity contribution in [1.29, 1.82) is 0 Å². The number of hydrogen-bond acceptors (Lipinski definition) is 5. The van der Waals surface area contributed by atoms with Gasteiger partial charge in [0.05, 0.1) is 25.4 Å². The van der Waals surface area contributed by atoms with Gasteiger partial charge >= 0.3 is 6.36 Å². The highest BCUT2D eigenvalue weighted by Crippen LogP contribution is 2.29. The summed E-state index contributed by atoms with van der Waals surface area (Å²) in [7, 11) is 0. The summed E-state index contributed by atoms with van der Waals surface area (Å²) in [4.78, 5) is 10.7. The maximum Gasteiger partial charge on any atom is 0.573 e. The van der Waals surface area contributed by atoms with Crippen molar-refractivity contribution in [2.24, 2.45) is 10.7 Å². The molecule has 2 aromatic rings. The molecule has 0 radical (unpaired) electrons. The summed E-state index contributed by atoms with van der Waals surface area (Å²) in [5.41, 5.74) is 6.79. The molecule has 0 unspecified atom stereocenters. The van der Waals surface area contributed by atoms with Crippen molar-refractivity contribution in [2.75, 3.05) is 36.5 Å². The van der Waals surface area contributed by atoms with E-state index in [4.69, 9.17) is 10.5 Å². The van der Waals surface area contributed by atoms with E-state index in [2.05, 4.69) is 24.9 Å². The molecule has 0 amide bonds. The first-order valence-electron chi connectivity index (χ1n) is 8.61. The fourth-order valence-corrected chi connectivity index (χ4v) is 2.75. The molecular formula is C18H21F3IN5O2. The maximum absolute atomic E-state index is 12.5. The van der Waals surface area contributed by atoms with Gasteiger partial charge < -0.3 is 25.4 Å². The van der Waals surface area contributed by atoms with Gasteiger partial charge in [-0.1, -0.05) is 18.2 Å². The first-order valence-corrected chi connectivity index (χ1v) is 8.61. The number of aromatic nitrogens is 1. The van der Waals surface area contributed by atoms with Crippen molar-refractivity contribution in [3.05, 3.63) is 48.2 Å². The Morgan fingerprint density at radius 1 is 1.21 bits per heavy atom. The number of nitrogens with one attached hydrogen (secondary N) is 1. The van der Waals surface area contributed by atoms with E-state index in [0.717, 1.165) is 24.5 Å². The fourth-order valence-electron chi connectivity index (χ4n) is 2.75. The van der Waals surface area contributed by atoms with E-state index >= 15 is 0 Å². The molecule has 0 spiro atoms. The van der Waals surface area contributed by atoms with Gasteiger partial charge in [0, 0.05) is 24.8 Å². The molecule has 1 fully saturated rings. The molecule has 1 aliphatic heterocycles. The van der Waals surface area contributed by atoms with Crippen LogP contribution in [0.4, 0.5) is 24.7 Å². The van der Waals surface area contributed by atoms with Gasteiger partial charge in [-0.25, -0.2) is 9.98 Å². The molecule has 0 bridgehead atoms. The highest BCUT2D eigenvalue weighted by atomic mass is 127. The van der Waals surface area contributed by atoms with E-state index in [0.29, 0.717) is 13.2 Å². The molecule has 1 aliphatic rings. The molecule has 1 aromatic heterocycles. The Kier molecular flexibility index (Phi) is 8.32. The first-order chi connectivity index (χ1) is 13.4. The highest BCUT2D eigenvalue weighted by molar-refractivity contribution is 14.0. The fraction of sp³-hybridized carbons (Fsp3) is 0.333. The van der Waals surface area contributed by atoms with E-state index in [9.17, 15) is 13.2 Å². The molecule has 3 N–H and O–H groups in total. The van der Waals surface area contributed by atoms with Crippen LogP contribution in [-0.2, 0) is 11.3 Å². The second-order valence-corrected chi connectivity index (χ2v) is 5.96. The van der Waals surface area contributed by atoms with Crippen LogP contribution in [-0.4, -0.2) is 43.6 Å². The van der Waals surface area contributed by atoms with Gasteiger partial charge in [-0.2, -0.15) is 0 Å². The number of nitrogens with zero attached hydrogens (tertiary/aromatic N) is 3. The van der Waals surface area contributed by atoms with Gasteiger partial charge in [0.15, 0.2) is 11.7 Å². The lowest BCUT2D eigenvalue weighted by Gasteiger charge is -2.29. The van der Waals surface area contributed by atoms with Crippen molar-refractivity contribution >= 4 is 41.4 Å². The van der Waals surface area contributed by atoms with Gasteiger partial charge in [-0.15, -0.1) is 37.1 Å². The molecule has 7 nitrogen and oxygen atoms in total. The van der Waals surface area contributed by atoms with Crippen molar-refractivity contribution < 1.29 is 22.6 Å². The van der Waals surface area contributed by atoms with Crippen LogP contribution in [0, 0.1) is 0 Å². The highest BCUT2D eigenvalue weighted by Gasteiger charge is 2.32. The molecular weight excluding hydrogens is 502 g/mol. The Balaban J connectivity index is 0.00000300. The number of guanidine groups is 1. The van der Waals surface area contributed by atoms with Crippen molar-refractivity contribution in [3.63, 3.8) is 0 Å². The number of nitrogens with two attached hydrogens (primary N) is 1. The van der Waals surface area contributed by atoms with E-state index < -0.39 is 6.36 Å². The Morgan fingerprint density at radius 2 is 1.93 bits per heavy atom. The number of halogens is 4. The molecule has 2 heterocycles. The predicted molar refractivity (Wildman–Crippen MR) is 115 cm³/mol. The number of para-hydroxylation sites is 2. The molecule has 1 saturated heterocycles. The second-order valence-electron chi connectivity index (χ2n) is 5.96. The minimum Gasteiger partial charge on any atom is -0.404 e. The molecule has 0 saturated carbocycles. The third-order valence-electron chi connectivity index (χ3n) is 3.97. The zero-order valence-corrected chi connectivity index (χ0v) is 17.7. The zero-order valence-electron chi connectivity index (χ0n) is 15.4. The Labute approximate surface area is 183 Å². The predicted octanol–water partition coefficient (Wildman–Crippen LogP) is 3.36. The van der Waals surface area contributed by atoms with Crippen LogP contribution in [0.1, 0.15) is 5.56 Å². The van der Waals surface area contributed by atoms with Crippen LogP contribution in [0.25, 0.3) is 0 Å². The first kappa shape index (κ1) is 23.0. The SMILES string of the molecule is I.NC(=NCc1cccnc1N1CCOCC1)Nc1ccccc1OC(F)(F)F. The number of hydrogen-bond donors (Lipinski definition) is 2. The Bertz CT molecular complexity index is 829. The molecule has 1 aromatic carbocycles. The summed E-state index contributed by atoms with van der Waals surface area (Å²) >= 11 is 0. The van der Waals surface area contributed by atoms with E-state index in [1.165, 1.54) is 18.2 Å². The van der Waals surface area contributed by atoms with Gasteiger partial charge in [0.2, 0.25) is 0 Å². The lowest BCUT2D eigenvalue weighted by Crippen LogP contribution is -2.37. The summed E-state index contributed by atoms with van der Waals surface area (Å²) in [6, 6.07) is 9.30. The summed E-state index contributed by atoms with van der Waals surface area (Å²) in [6.07, 6.45) is -3.10. The number of ether oxygens (including phenoxy) is 2. The standard InChI is InChI=1S/C18H20F3N5O2.HI/c19-18(20,21)28-15-6-2-1-5-14(15)25-17(22)24-12-13-4-3-7-23-16(13)26-8-10-27-11-9-26;/h1-7H,8-12H2,(H3,22,24,25);1H. The number of benzene rings is 1. The van der Waals surface area contributed by atoms with Crippen molar-refractivity contribution in [3.8, 4) is 5.75 Å². The van der Waals surface area contributed by atoms with Crippen LogP contribution in [0.5, 0.6) is 5.75 Å². The van der Waals surface area contributed by atoms with Crippen LogP contribution in [0.3, 0.4) is 0 Å². The summed E-state index contributed by atoms with van der Waals surface area (Å²) < 4.78 is 46.9. The van der Waals surface area contributed by atoms with Crippen molar-refractivity contribution in [1.82, 2.24) is 4.98 Å². The number of alkyl halides is 3. The number of pyridine rings is 1. The van der Waals surface area contributed by atoms with Gasteiger partial charge in [0.25, 0.3) is 0 Å². The van der Waals surface area contributed by atoms with Crippen molar-refractivity contribution in [2.45, 2.75) is 12.9 Å². The van der Waals surface area contributed by atoms with Gasteiger partial charge in [-0.3, -0.25) is 0 Å². The third kappa shape index (κ3) is 6.92. The average molecular weight is 523 g/mol. The number of morpholine rings is 1. The molecule has 3 rings (SSSR count). The van der Waals surface area contributed by atoms with E-state index in [1.807, 2.05) is 6.07 Å². The monoisotopic (exact) mass is 523 g/mol. The lowest BCUT2D eigenvalue weighted by molar-refractivity contribution is -0.274. The quantitative estimate of drug-likeness (QED) is 0.356. The van der Waals surface area contributed by atoms with Crippen LogP contribution in [0.2, 0.25) is 0 Å². The van der Waals surface area contributed by atoms with Gasteiger partial charge in [0.1, 0.15) is 5.82 Å². The van der Waals surface area contributed by atoms with E-state index in [1.54, 1.807) is 18.3 Å². The minimum absolute atomic E-state index is 0. The number of anilines is 2. The Morgan fingerprint density at radius 3 is 2.66 bits per heavy atom. The maximum atomic E-state index is 12.5. The zero-order chi connectivity index (χ0) is 20.0. The van der Waals surface area contributed by atoms with Crippen LogP contribution in [0.15, 0.2) is 47.6 Å². The molecule has 29 heavy (non-hydrogen) atoms. The van der Waals surface area contributed by atoms with Crippen LogP contribution >= 0.6 is 24.0 Å². The van der Waals surface area contributed by atoms with Gasteiger partial charge in [-0.05, 0) is 18.2 Å². The number of rotatable bonds is 5. The summed E-state index contributed by atoms with van der Waals surface area (Å²) in [5, 5.41) is 2.65. The van der Waals surface area contributed by atoms with Crippen LogP contribution < -0.4 is 20.7 Å². The average Bonchev–Trinajstić information content (AvgIpc) is 2.68. The molecule has 158 valence electrons. The molecule has 0 aliphatic carbocycles. The Hall–Kier alpha value is -2.28. The summed E-state index contributed by atoms with van der Waals surface area (Å²) in [5.74, 6) is 0.377. The molecule has 0 atom stereocenters. The lowest BCUT2D eigenvalue weighted by atomic mass is 10.2. The number of aliphatic imine (C=N–C) groups is 1. The third-order valence-corrected chi connectivity index (χ3v) is 3.97. The topological polar surface area (TPSA) is 85.0 Å². The molecule has 11 heteroatoms.